The van der Waals surface area contributed by atoms with Crippen LogP contribution in [0.4, 0.5) is 0 Å². The van der Waals surface area contributed by atoms with Crippen LogP contribution in [0.5, 0.6) is 0 Å². The molecule has 3 nitrogen and oxygen atoms in total. The predicted molar refractivity (Wildman–Crippen MR) is 68.2 cm³/mol. The summed E-state index contributed by atoms with van der Waals surface area (Å²) in [5, 5.41) is 0. The molecular formula is C14H16N2O. The molecule has 0 atom stereocenters. The standard InChI is InChI=1S/C14H16N2O/c1-9-5-6-12(11(3)10(9)2)14-13(7-17)16(4)8-15-14/h5-8H,1-4H3. The van der Waals surface area contributed by atoms with E-state index in [9.17, 15) is 4.79 Å². The minimum atomic E-state index is 0.622. The average molecular weight is 228 g/mol. The maximum absolute atomic E-state index is 11.1. The van der Waals surface area contributed by atoms with Crippen molar-refractivity contribution in [3.8, 4) is 11.3 Å². The Morgan fingerprint density at radius 2 is 1.88 bits per heavy atom. The van der Waals surface area contributed by atoms with Gasteiger partial charge in [0.1, 0.15) is 5.69 Å². The van der Waals surface area contributed by atoms with Gasteiger partial charge in [-0.25, -0.2) is 4.98 Å². The zero-order valence-corrected chi connectivity index (χ0v) is 10.6. The van der Waals surface area contributed by atoms with Crippen LogP contribution in [-0.4, -0.2) is 15.8 Å². The summed E-state index contributed by atoms with van der Waals surface area (Å²) in [6, 6.07) is 4.11. The van der Waals surface area contributed by atoms with E-state index in [-0.39, 0.29) is 0 Å². The molecule has 2 aromatic rings. The largest absolute Gasteiger partial charge is 0.331 e. The van der Waals surface area contributed by atoms with E-state index in [1.54, 1.807) is 10.9 Å². The lowest BCUT2D eigenvalue weighted by atomic mass is 9.96. The summed E-state index contributed by atoms with van der Waals surface area (Å²) in [5.74, 6) is 0. The average Bonchev–Trinajstić information content (AvgIpc) is 2.67. The van der Waals surface area contributed by atoms with Crippen LogP contribution in [0.2, 0.25) is 0 Å². The third-order valence-electron chi connectivity index (χ3n) is 3.41. The zero-order chi connectivity index (χ0) is 12.6. The van der Waals surface area contributed by atoms with E-state index in [1.165, 1.54) is 16.7 Å². The van der Waals surface area contributed by atoms with Gasteiger partial charge in [-0.3, -0.25) is 4.79 Å². The number of hydrogen-bond acceptors (Lipinski definition) is 2. The topological polar surface area (TPSA) is 34.9 Å². The van der Waals surface area contributed by atoms with E-state index in [1.807, 2.05) is 13.1 Å². The molecule has 1 aromatic carbocycles. The molecule has 1 heterocycles. The molecule has 17 heavy (non-hydrogen) atoms. The smallest absolute Gasteiger partial charge is 0.168 e. The molecule has 0 spiro atoms. The van der Waals surface area contributed by atoms with Crippen LogP contribution in [0.25, 0.3) is 11.3 Å². The second-order valence-corrected chi connectivity index (χ2v) is 4.39. The van der Waals surface area contributed by atoms with Crippen molar-refractivity contribution in [2.24, 2.45) is 7.05 Å². The Kier molecular flexibility index (Phi) is 2.84. The number of aromatic nitrogens is 2. The van der Waals surface area contributed by atoms with E-state index < -0.39 is 0 Å². The first-order valence-corrected chi connectivity index (χ1v) is 5.60. The number of benzene rings is 1. The molecule has 0 bridgehead atoms. The van der Waals surface area contributed by atoms with Gasteiger partial charge in [-0.15, -0.1) is 0 Å². The van der Waals surface area contributed by atoms with Gasteiger partial charge in [0.2, 0.25) is 0 Å². The molecule has 0 amide bonds. The molecule has 0 aliphatic carbocycles. The van der Waals surface area contributed by atoms with Crippen LogP contribution in [0, 0.1) is 20.8 Å². The minimum absolute atomic E-state index is 0.622. The third-order valence-corrected chi connectivity index (χ3v) is 3.41. The van der Waals surface area contributed by atoms with Crippen molar-refractivity contribution in [3.63, 3.8) is 0 Å². The summed E-state index contributed by atoms with van der Waals surface area (Å²) >= 11 is 0. The normalized spacial score (nSPS) is 10.6. The maximum Gasteiger partial charge on any atom is 0.168 e. The molecule has 0 fully saturated rings. The number of carbonyl (C=O) groups is 1. The second kappa shape index (κ2) is 4.17. The lowest BCUT2D eigenvalue weighted by Crippen LogP contribution is -1.97. The molecule has 88 valence electrons. The van der Waals surface area contributed by atoms with Crippen molar-refractivity contribution in [1.82, 2.24) is 9.55 Å². The van der Waals surface area contributed by atoms with Crippen molar-refractivity contribution in [2.45, 2.75) is 20.8 Å². The van der Waals surface area contributed by atoms with E-state index in [2.05, 4.69) is 31.8 Å². The summed E-state index contributed by atoms with van der Waals surface area (Å²) in [4.78, 5) is 15.4. The van der Waals surface area contributed by atoms with E-state index in [4.69, 9.17) is 0 Å². The summed E-state index contributed by atoms with van der Waals surface area (Å²) in [7, 11) is 1.83. The Hall–Kier alpha value is -1.90. The van der Waals surface area contributed by atoms with Crippen LogP contribution in [0.3, 0.4) is 0 Å². The highest BCUT2D eigenvalue weighted by Crippen LogP contribution is 2.27. The number of rotatable bonds is 2. The fourth-order valence-electron chi connectivity index (χ4n) is 2.00. The molecule has 0 saturated carbocycles. The molecule has 0 radical (unpaired) electrons. The molecular weight excluding hydrogens is 212 g/mol. The highest BCUT2D eigenvalue weighted by Gasteiger charge is 2.13. The Morgan fingerprint density at radius 1 is 1.18 bits per heavy atom. The lowest BCUT2D eigenvalue weighted by molar-refractivity contribution is 0.111. The first-order valence-electron chi connectivity index (χ1n) is 5.60. The molecule has 0 N–H and O–H groups in total. The summed E-state index contributed by atoms with van der Waals surface area (Å²) in [6.45, 7) is 6.25. The quantitative estimate of drug-likeness (QED) is 0.741. The Labute approximate surface area is 101 Å². The first kappa shape index (κ1) is 11.6. The van der Waals surface area contributed by atoms with E-state index >= 15 is 0 Å². The van der Waals surface area contributed by atoms with Crippen LogP contribution in [-0.2, 0) is 7.05 Å². The van der Waals surface area contributed by atoms with Crippen LogP contribution >= 0.6 is 0 Å². The zero-order valence-electron chi connectivity index (χ0n) is 10.6. The molecule has 2 rings (SSSR count). The Morgan fingerprint density at radius 3 is 2.53 bits per heavy atom. The van der Waals surface area contributed by atoms with E-state index in [0.29, 0.717) is 5.69 Å². The molecule has 3 heteroatoms. The van der Waals surface area contributed by atoms with Crippen molar-refractivity contribution < 1.29 is 4.79 Å². The predicted octanol–water partition coefficient (Wildman–Crippen LogP) is 2.82. The lowest BCUT2D eigenvalue weighted by Gasteiger charge is -2.10. The van der Waals surface area contributed by atoms with Crippen molar-refractivity contribution >= 4 is 6.29 Å². The fraction of sp³-hybridized carbons (Fsp3) is 0.286. The summed E-state index contributed by atoms with van der Waals surface area (Å²) in [6.07, 6.45) is 2.53. The van der Waals surface area contributed by atoms with Gasteiger partial charge in [0.15, 0.2) is 6.29 Å². The number of carbonyl (C=O) groups excluding carboxylic acids is 1. The van der Waals surface area contributed by atoms with Crippen LogP contribution < -0.4 is 0 Å². The van der Waals surface area contributed by atoms with Gasteiger partial charge in [0, 0.05) is 12.6 Å². The Bertz CT molecular complexity index is 582. The highest BCUT2D eigenvalue weighted by atomic mass is 16.1. The van der Waals surface area contributed by atoms with Crippen LogP contribution in [0.1, 0.15) is 27.2 Å². The first-order chi connectivity index (χ1) is 8.06. The fourth-order valence-corrected chi connectivity index (χ4v) is 2.00. The third kappa shape index (κ3) is 1.78. The number of aryl methyl sites for hydroxylation is 2. The van der Waals surface area contributed by atoms with Crippen LogP contribution in [0.15, 0.2) is 18.5 Å². The summed E-state index contributed by atoms with van der Waals surface area (Å²) in [5.41, 5.74) is 6.13. The Balaban J connectivity index is 2.69. The SMILES string of the molecule is Cc1ccc(-c2ncn(C)c2C=O)c(C)c1C. The van der Waals surface area contributed by atoms with Crippen molar-refractivity contribution in [1.29, 1.82) is 0 Å². The minimum Gasteiger partial charge on any atom is -0.331 e. The molecule has 1 aromatic heterocycles. The van der Waals surface area contributed by atoms with Crippen molar-refractivity contribution in [3.05, 3.63) is 40.8 Å². The maximum atomic E-state index is 11.1. The van der Waals surface area contributed by atoms with Gasteiger partial charge in [-0.1, -0.05) is 12.1 Å². The van der Waals surface area contributed by atoms with Gasteiger partial charge < -0.3 is 4.57 Å². The van der Waals surface area contributed by atoms with Crippen molar-refractivity contribution in [2.75, 3.05) is 0 Å². The molecule has 0 saturated heterocycles. The van der Waals surface area contributed by atoms with Gasteiger partial charge in [-0.2, -0.15) is 0 Å². The second-order valence-electron chi connectivity index (χ2n) is 4.39. The molecule has 0 aliphatic rings. The highest BCUT2D eigenvalue weighted by molar-refractivity contribution is 5.85. The molecule has 0 unspecified atom stereocenters. The number of imidazole rings is 1. The number of hydrogen-bond donors (Lipinski definition) is 0. The summed E-state index contributed by atoms with van der Waals surface area (Å²) < 4.78 is 1.75. The van der Waals surface area contributed by atoms with Gasteiger partial charge in [-0.05, 0) is 37.5 Å². The molecule has 0 aliphatic heterocycles. The van der Waals surface area contributed by atoms with Gasteiger partial charge in [0.05, 0.1) is 12.0 Å². The number of nitrogens with zero attached hydrogens (tertiary/aromatic N) is 2. The van der Waals surface area contributed by atoms with Gasteiger partial charge >= 0.3 is 0 Å². The van der Waals surface area contributed by atoms with E-state index in [0.717, 1.165) is 17.5 Å². The monoisotopic (exact) mass is 228 g/mol. The van der Waals surface area contributed by atoms with Gasteiger partial charge in [0.25, 0.3) is 0 Å². The number of aldehydes is 1.